The summed E-state index contributed by atoms with van der Waals surface area (Å²) in [6, 6.07) is 4.40. The quantitative estimate of drug-likeness (QED) is 0.349. The fourth-order valence-corrected chi connectivity index (χ4v) is 7.44. The maximum Gasteiger partial charge on any atom is 0.144 e. The highest BCUT2D eigenvalue weighted by molar-refractivity contribution is 5.36. The molecule has 3 fully saturated rings. The molecule has 1 aromatic rings. The van der Waals surface area contributed by atoms with Crippen molar-refractivity contribution in [3.8, 4) is 6.07 Å². The first-order valence-electron chi connectivity index (χ1n) is 14.1. The van der Waals surface area contributed by atoms with Crippen molar-refractivity contribution in [3.63, 3.8) is 0 Å². The molecule has 0 unspecified atom stereocenters. The van der Waals surface area contributed by atoms with Gasteiger partial charge >= 0.3 is 0 Å². The fourth-order valence-electron chi connectivity index (χ4n) is 7.44. The van der Waals surface area contributed by atoms with Crippen molar-refractivity contribution in [3.05, 3.63) is 47.5 Å². The van der Waals surface area contributed by atoms with E-state index in [1.165, 1.54) is 102 Å². The van der Waals surface area contributed by atoms with Crippen LogP contribution >= 0.6 is 0 Å². The number of halogens is 2. The van der Waals surface area contributed by atoms with E-state index in [4.69, 9.17) is 5.26 Å². The van der Waals surface area contributed by atoms with Crippen LogP contribution in [0.1, 0.15) is 120 Å². The molecule has 3 saturated carbocycles. The van der Waals surface area contributed by atoms with Gasteiger partial charge < -0.3 is 0 Å². The fraction of sp³-hybridized carbons (Fsp3) is 0.710. The number of nitriles is 1. The second-order valence-corrected chi connectivity index (χ2v) is 11.7. The lowest BCUT2D eigenvalue weighted by molar-refractivity contribution is 0.137. The summed E-state index contributed by atoms with van der Waals surface area (Å²) >= 11 is 0. The second kappa shape index (κ2) is 12.3. The zero-order valence-corrected chi connectivity index (χ0v) is 20.9. The van der Waals surface area contributed by atoms with Gasteiger partial charge in [-0.3, -0.25) is 0 Å². The molecule has 3 heteroatoms. The Kier molecular flexibility index (Phi) is 9.21. The van der Waals surface area contributed by atoms with Gasteiger partial charge in [0.1, 0.15) is 23.3 Å². The van der Waals surface area contributed by atoms with Crippen molar-refractivity contribution in [2.75, 3.05) is 0 Å². The standard InChI is InChI=1S/C31H43F2N/c1-2-3-4-22-7-13-25(14-8-22)26-15-9-23(10-16-26)5-6-24-11-17-27(18-12-24)28-19-30(32)29(21-34)31(33)20-28/h2,19-20,22-27H,1,3-18H2. The maximum atomic E-state index is 14.0. The highest BCUT2D eigenvalue weighted by atomic mass is 19.1. The van der Waals surface area contributed by atoms with Crippen molar-refractivity contribution in [2.24, 2.45) is 29.6 Å². The largest absolute Gasteiger partial charge is 0.205 e. The Hall–Kier alpha value is -1.69. The zero-order valence-electron chi connectivity index (χ0n) is 20.9. The van der Waals surface area contributed by atoms with Crippen LogP contribution < -0.4 is 0 Å². The van der Waals surface area contributed by atoms with Crippen LogP contribution in [0, 0.1) is 52.6 Å². The van der Waals surface area contributed by atoms with Gasteiger partial charge in [-0.05, 0) is 117 Å². The maximum absolute atomic E-state index is 14.0. The summed E-state index contributed by atoms with van der Waals surface area (Å²) in [6.07, 6.45) is 23.3. The van der Waals surface area contributed by atoms with Crippen LogP contribution in [0.25, 0.3) is 0 Å². The third-order valence-corrected chi connectivity index (χ3v) is 9.71. The molecular weight excluding hydrogens is 424 g/mol. The molecule has 0 heterocycles. The Morgan fingerprint density at radius 3 is 1.62 bits per heavy atom. The third kappa shape index (κ3) is 6.50. The highest BCUT2D eigenvalue weighted by Gasteiger charge is 2.31. The molecule has 0 aromatic heterocycles. The normalized spacial score (nSPS) is 32.1. The number of nitrogens with zero attached hydrogens (tertiary/aromatic N) is 1. The minimum Gasteiger partial charge on any atom is -0.205 e. The minimum atomic E-state index is -0.712. The molecule has 1 nitrogen and oxygen atoms in total. The van der Waals surface area contributed by atoms with Crippen LogP contribution in [0.2, 0.25) is 0 Å². The molecular formula is C31H43F2N. The lowest BCUT2D eigenvalue weighted by Crippen LogP contribution is -2.26. The van der Waals surface area contributed by atoms with Gasteiger partial charge in [0.05, 0.1) is 0 Å². The molecule has 0 spiro atoms. The van der Waals surface area contributed by atoms with E-state index in [0.717, 1.165) is 48.0 Å². The van der Waals surface area contributed by atoms with Gasteiger partial charge in [0.2, 0.25) is 0 Å². The molecule has 0 amide bonds. The Balaban J connectivity index is 1.14. The van der Waals surface area contributed by atoms with Crippen LogP contribution in [-0.2, 0) is 0 Å². The minimum absolute atomic E-state index is 0.232. The van der Waals surface area contributed by atoms with Crippen LogP contribution in [0.4, 0.5) is 8.78 Å². The summed E-state index contributed by atoms with van der Waals surface area (Å²) in [5.41, 5.74) is 0.281. The van der Waals surface area contributed by atoms with E-state index in [9.17, 15) is 8.78 Å². The molecule has 4 rings (SSSR count). The Labute approximate surface area is 206 Å². The predicted octanol–water partition coefficient (Wildman–Crippen LogP) is 9.47. The van der Waals surface area contributed by atoms with Gasteiger partial charge in [0.25, 0.3) is 0 Å². The SMILES string of the molecule is C=CCCC1CCC(C2CCC(CCC3CCC(c4cc(F)c(C#N)c(F)c4)CC3)CC2)CC1. The second-order valence-electron chi connectivity index (χ2n) is 11.7. The van der Waals surface area contributed by atoms with Crippen LogP contribution in [0.15, 0.2) is 24.8 Å². The first kappa shape index (κ1) is 25.4. The molecule has 0 N–H and O–H groups in total. The van der Waals surface area contributed by atoms with Gasteiger partial charge in [0, 0.05) is 0 Å². The van der Waals surface area contributed by atoms with E-state index in [0.29, 0.717) is 0 Å². The van der Waals surface area contributed by atoms with Crippen LogP contribution in [0.3, 0.4) is 0 Å². The first-order chi connectivity index (χ1) is 16.6. The molecule has 0 atom stereocenters. The van der Waals surface area contributed by atoms with Gasteiger partial charge in [-0.1, -0.05) is 44.6 Å². The van der Waals surface area contributed by atoms with E-state index in [1.54, 1.807) is 6.07 Å². The first-order valence-corrected chi connectivity index (χ1v) is 14.1. The van der Waals surface area contributed by atoms with Crippen molar-refractivity contribution < 1.29 is 8.78 Å². The molecule has 0 bridgehead atoms. The van der Waals surface area contributed by atoms with Crippen LogP contribution in [0.5, 0.6) is 0 Å². The van der Waals surface area contributed by atoms with E-state index < -0.39 is 17.2 Å². The number of hydrogen-bond donors (Lipinski definition) is 0. The summed E-state index contributed by atoms with van der Waals surface area (Å²) in [6.45, 7) is 3.88. The smallest absolute Gasteiger partial charge is 0.144 e. The van der Waals surface area contributed by atoms with Crippen molar-refractivity contribution in [2.45, 2.75) is 109 Å². The average molecular weight is 468 g/mol. The molecule has 3 aliphatic carbocycles. The molecule has 186 valence electrons. The summed E-state index contributed by atoms with van der Waals surface area (Å²) < 4.78 is 28.0. The number of allylic oxidation sites excluding steroid dienone is 1. The Bertz CT molecular complexity index is 808. The topological polar surface area (TPSA) is 23.8 Å². The summed E-state index contributed by atoms with van der Waals surface area (Å²) in [5.74, 6) is 3.43. The number of hydrogen-bond acceptors (Lipinski definition) is 1. The Morgan fingerprint density at radius 1 is 0.735 bits per heavy atom. The zero-order chi connectivity index (χ0) is 23.9. The third-order valence-electron chi connectivity index (χ3n) is 9.71. The highest BCUT2D eigenvalue weighted by Crippen LogP contribution is 2.44. The summed E-state index contributed by atoms with van der Waals surface area (Å²) in [7, 11) is 0. The molecule has 0 radical (unpaired) electrons. The summed E-state index contributed by atoms with van der Waals surface area (Å²) in [4.78, 5) is 0. The molecule has 1 aromatic carbocycles. The van der Waals surface area contributed by atoms with E-state index in [-0.39, 0.29) is 5.92 Å². The molecule has 34 heavy (non-hydrogen) atoms. The van der Waals surface area contributed by atoms with Gasteiger partial charge in [-0.25, -0.2) is 8.78 Å². The monoisotopic (exact) mass is 467 g/mol. The lowest BCUT2D eigenvalue weighted by Gasteiger charge is -2.38. The van der Waals surface area contributed by atoms with Crippen molar-refractivity contribution >= 4 is 0 Å². The van der Waals surface area contributed by atoms with Gasteiger partial charge in [-0.15, -0.1) is 6.58 Å². The molecule has 0 aliphatic heterocycles. The van der Waals surface area contributed by atoms with E-state index in [2.05, 4.69) is 12.7 Å². The van der Waals surface area contributed by atoms with E-state index >= 15 is 0 Å². The van der Waals surface area contributed by atoms with Crippen molar-refractivity contribution in [1.82, 2.24) is 0 Å². The average Bonchev–Trinajstić information content (AvgIpc) is 2.87. The van der Waals surface area contributed by atoms with E-state index in [1.807, 2.05) is 0 Å². The van der Waals surface area contributed by atoms with Crippen molar-refractivity contribution in [1.29, 1.82) is 5.26 Å². The van der Waals surface area contributed by atoms with Gasteiger partial charge in [-0.2, -0.15) is 5.26 Å². The van der Waals surface area contributed by atoms with Crippen LogP contribution in [-0.4, -0.2) is 0 Å². The molecule has 3 aliphatic rings. The predicted molar refractivity (Wildman–Crippen MR) is 135 cm³/mol. The van der Waals surface area contributed by atoms with Gasteiger partial charge in [0.15, 0.2) is 0 Å². The molecule has 0 saturated heterocycles. The lowest BCUT2D eigenvalue weighted by atomic mass is 9.68. The Morgan fingerprint density at radius 2 is 1.18 bits per heavy atom. The number of rotatable bonds is 8. The number of benzene rings is 1. The summed E-state index contributed by atoms with van der Waals surface area (Å²) in [5, 5.41) is 8.89.